The van der Waals surface area contributed by atoms with Crippen LogP contribution in [0.1, 0.15) is 137 Å². The number of imide groups is 2. The number of hydrogen-bond acceptors (Lipinski definition) is 7. The smallest absolute Gasteiger partial charge is 0.233 e. The molecular weight excluding hydrogens is 620 g/mol. The van der Waals surface area contributed by atoms with Crippen molar-refractivity contribution in [1.29, 1.82) is 0 Å². The van der Waals surface area contributed by atoms with Gasteiger partial charge in [-0.25, -0.2) is 0 Å². The van der Waals surface area contributed by atoms with E-state index in [4.69, 9.17) is 14.2 Å². The van der Waals surface area contributed by atoms with Crippen LogP contribution in [0.2, 0.25) is 0 Å². The van der Waals surface area contributed by atoms with Gasteiger partial charge in [-0.05, 0) is 126 Å². The third-order valence-electron chi connectivity index (χ3n) is 14.1. The number of ether oxygens (including phenoxy) is 3. The predicted molar refractivity (Wildman–Crippen MR) is 184 cm³/mol. The fourth-order valence-corrected chi connectivity index (χ4v) is 10.8. The monoisotopic (exact) mass is 682 g/mol. The molecule has 9 unspecified atom stereocenters. The van der Waals surface area contributed by atoms with Gasteiger partial charge in [-0.2, -0.15) is 0 Å². The molecule has 7 rings (SSSR count). The molecule has 9 nitrogen and oxygen atoms in total. The molecule has 0 spiro atoms. The summed E-state index contributed by atoms with van der Waals surface area (Å²) in [5.74, 6) is 0.261. The highest BCUT2D eigenvalue weighted by molar-refractivity contribution is 6.06. The van der Waals surface area contributed by atoms with Crippen molar-refractivity contribution in [1.82, 2.24) is 9.80 Å². The SMILES string of the molecule is CC1CCC(OC2CC(C(C)(C)C)CCC2OC2CCC(N3C(=O)C4CCC(OC5CCC6C(=O)N(C)C(=O)C6C5)CC4C3=O)CC2)CC1. The van der Waals surface area contributed by atoms with Crippen LogP contribution in [0.4, 0.5) is 0 Å². The Morgan fingerprint density at radius 2 is 1.00 bits per heavy atom. The van der Waals surface area contributed by atoms with Crippen LogP contribution < -0.4 is 0 Å². The topological polar surface area (TPSA) is 102 Å². The maximum Gasteiger partial charge on any atom is 0.233 e. The van der Waals surface area contributed by atoms with Gasteiger partial charge in [0.05, 0.1) is 60.3 Å². The third kappa shape index (κ3) is 7.28. The van der Waals surface area contributed by atoms with Crippen LogP contribution in [0.15, 0.2) is 0 Å². The number of carbonyl (C=O) groups excluding carboxylic acids is 4. The predicted octanol–water partition coefficient (Wildman–Crippen LogP) is 6.45. The van der Waals surface area contributed by atoms with E-state index in [1.165, 1.54) is 24.2 Å². The first-order chi connectivity index (χ1) is 23.4. The summed E-state index contributed by atoms with van der Waals surface area (Å²) < 4.78 is 20.3. The van der Waals surface area contributed by atoms with Crippen molar-refractivity contribution in [2.45, 2.75) is 180 Å². The van der Waals surface area contributed by atoms with Crippen molar-refractivity contribution in [3.8, 4) is 0 Å². The van der Waals surface area contributed by atoms with E-state index in [2.05, 4.69) is 27.7 Å². The summed E-state index contributed by atoms with van der Waals surface area (Å²) >= 11 is 0. The highest BCUT2D eigenvalue weighted by Crippen LogP contribution is 2.46. The molecule has 0 aromatic carbocycles. The van der Waals surface area contributed by atoms with Gasteiger partial charge in [0.25, 0.3) is 0 Å². The molecule has 2 aliphatic heterocycles. The molecule has 5 saturated carbocycles. The van der Waals surface area contributed by atoms with Crippen LogP contribution >= 0.6 is 0 Å². The molecule has 7 aliphatic rings. The summed E-state index contributed by atoms with van der Waals surface area (Å²) in [6.07, 6.45) is 16.0. The third-order valence-corrected chi connectivity index (χ3v) is 14.1. The van der Waals surface area contributed by atoms with Gasteiger partial charge in [0.15, 0.2) is 0 Å². The lowest BCUT2D eigenvalue weighted by molar-refractivity contribution is -0.166. The van der Waals surface area contributed by atoms with Crippen LogP contribution in [0.5, 0.6) is 0 Å². The second kappa shape index (κ2) is 14.3. The molecule has 274 valence electrons. The number of rotatable bonds is 7. The largest absolute Gasteiger partial charge is 0.375 e. The first-order valence-corrected chi connectivity index (χ1v) is 20.0. The molecule has 2 heterocycles. The Morgan fingerprint density at radius 3 is 1.61 bits per heavy atom. The minimum absolute atomic E-state index is 0.00895. The normalized spacial score (nSPS) is 43.6. The Kier molecular flexibility index (Phi) is 10.4. The molecule has 7 fully saturated rings. The summed E-state index contributed by atoms with van der Waals surface area (Å²) in [4.78, 5) is 55.5. The highest BCUT2D eigenvalue weighted by Gasteiger charge is 2.54. The quantitative estimate of drug-likeness (QED) is 0.285. The van der Waals surface area contributed by atoms with Crippen molar-refractivity contribution in [3.63, 3.8) is 0 Å². The van der Waals surface area contributed by atoms with E-state index in [9.17, 15) is 19.2 Å². The fraction of sp³-hybridized carbons (Fsp3) is 0.900. The molecule has 5 aliphatic carbocycles. The van der Waals surface area contributed by atoms with Gasteiger partial charge in [-0.3, -0.25) is 29.0 Å². The maximum atomic E-state index is 13.8. The summed E-state index contributed by atoms with van der Waals surface area (Å²) in [6.45, 7) is 9.43. The van der Waals surface area contributed by atoms with Crippen molar-refractivity contribution in [2.24, 2.45) is 40.9 Å². The van der Waals surface area contributed by atoms with Gasteiger partial charge in [-0.1, -0.05) is 27.7 Å². The molecule has 0 aromatic rings. The fourth-order valence-electron chi connectivity index (χ4n) is 10.8. The Hall–Kier alpha value is -1.84. The number of fused-ring (bicyclic) bond motifs is 2. The van der Waals surface area contributed by atoms with Crippen LogP contribution in [-0.4, -0.2) is 83.1 Å². The summed E-state index contributed by atoms with van der Waals surface area (Å²) in [6, 6.07) is -0.0455. The van der Waals surface area contributed by atoms with Gasteiger partial charge in [0.1, 0.15) is 0 Å². The molecule has 9 atom stereocenters. The van der Waals surface area contributed by atoms with Gasteiger partial charge in [-0.15, -0.1) is 0 Å². The molecule has 49 heavy (non-hydrogen) atoms. The van der Waals surface area contributed by atoms with E-state index in [1.807, 2.05) is 0 Å². The average molecular weight is 683 g/mol. The molecule has 4 amide bonds. The second-order valence-corrected chi connectivity index (χ2v) is 18.3. The van der Waals surface area contributed by atoms with Gasteiger partial charge >= 0.3 is 0 Å². The van der Waals surface area contributed by atoms with Crippen molar-refractivity contribution in [2.75, 3.05) is 7.05 Å². The van der Waals surface area contributed by atoms with E-state index in [0.717, 1.165) is 70.1 Å². The van der Waals surface area contributed by atoms with E-state index in [-0.39, 0.29) is 89.3 Å². The van der Waals surface area contributed by atoms with Crippen molar-refractivity contribution < 1.29 is 33.4 Å². The second-order valence-electron chi connectivity index (χ2n) is 18.3. The molecule has 0 N–H and O–H groups in total. The van der Waals surface area contributed by atoms with Gasteiger partial charge in [0, 0.05) is 13.1 Å². The summed E-state index contributed by atoms with van der Waals surface area (Å²) in [7, 11) is 1.58. The van der Waals surface area contributed by atoms with Crippen molar-refractivity contribution in [3.05, 3.63) is 0 Å². The number of carbonyl (C=O) groups is 4. The van der Waals surface area contributed by atoms with E-state index < -0.39 is 0 Å². The number of hydrogen-bond donors (Lipinski definition) is 0. The Balaban J connectivity index is 0.908. The lowest BCUT2D eigenvalue weighted by atomic mass is 9.70. The average Bonchev–Trinajstić information content (AvgIpc) is 3.45. The Bertz CT molecular complexity index is 1250. The van der Waals surface area contributed by atoms with Crippen molar-refractivity contribution >= 4 is 23.6 Å². The van der Waals surface area contributed by atoms with E-state index in [0.29, 0.717) is 37.7 Å². The van der Waals surface area contributed by atoms with Gasteiger partial charge < -0.3 is 14.2 Å². The molecule has 0 radical (unpaired) electrons. The number of amides is 4. The lowest BCUT2D eigenvalue weighted by Crippen LogP contribution is -2.47. The zero-order valence-corrected chi connectivity index (χ0v) is 30.8. The maximum absolute atomic E-state index is 13.8. The standard InChI is InChI=1S/C40H62N2O7/c1-23-6-11-26(12-7-23)49-35-20-24(40(2,3)4)8-19-34(35)48-27-13-9-25(10-14-27)42-38(45)31-18-16-29(22-33(31)39(42)46)47-28-15-17-30-32(21-28)37(44)41(5)36(30)43/h23-35H,6-22H2,1-5H3. The van der Waals surface area contributed by atoms with Crippen LogP contribution in [0, 0.1) is 40.9 Å². The first-order valence-electron chi connectivity index (χ1n) is 20.0. The lowest BCUT2D eigenvalue weighted by Gasteiger charge is -2.45. The van der Waals surface area contributed by atoms with Gasteiger partial charge in [0.2, 0.25) is 23.6 Å². The van der Waals surface area contributed by atoms with Crippen LogP contribution in [0.3, 0.4) is 0 Å². The molecular formula is C40H62N2O7. The number of likely N-dealkylation sites (tertiary alicyclic amines) is 2. The first kappa shape index (κ1) is 35.6. The zero-order chi connectivity index (χ0) is 34.6. The zero-order valence-electron chi connectivity index (χ0n) is 30.8. The summed E-state index contributed by atoms with van der Waals surface area (Å²) in [5, 5.41) is 0. The van der Waals surface area contributed by atoms with Crippen LogP contribution in [-0.2, 0) is 33.4 Å². The minimum Gasteiger partial charge on any atom is -0.375 e. The molecule has 2 saturated heterocycles. The summed E-state index contributed by atoms with van der Waals surface area (Å²) in [5.41, 5.74) is 0.262. The van der Waals surface area contributed by atoms with E-state index >= 15 is 0 Å². The molecule has 9 heteroatoms. The Labute approximate surface area is 293 Å². The molecule has 0 aromatic heterocycles. The van der Waals surface area contributed by atoms with Crippen LogP contribution in [0.25, 0.3) is 0 Å². The number of nitrogens with zero attached hydrogens (tertiary/aromatic N) is 2. The molecule has 0 bridgehead atoms. The van der Waals surface area contributed by atoms with E-state index in [1.54, 1.807) is 11.9 Å². The highest BCUT2D eigenvalue weighted by atomic mass is 16.6. The Morgan fingerprint density at radius 1 is 0.510 bits per heavy atom. The minimum atomic E-state index is -0.309.